The van der Waals surface area contributed by atoms with Gasteiger partial charge in [0.15, 0.2) is 0 Å². The predicted molar refractivity (Wildman–Crippen MR) is 256 cm³/mol. The molecular weight excluding hydrogens is 776 g/mol. The Morgan fingerprint density at radius 2 is 0.627 bits per heavy atom. The molecule has 59 heavy (non-hydrogen) atoms. The smallest absolute Gasteiger partial charge is 0.0617 e. The van der Waals surface area contributed by atoms with Crippen LogP contribution in [0.25, 0.3) is 118 Å². The van der Waals surface area contributed by atoms with Crippen molar-refractivity contribution in [2.75, 3.05) is 0 Å². The van der Waals surface area contributed by atoms with Crippen molar-refractivity contribution >= 4 is 76.9 Å². The summed E-state index contributed by atoms with van der Waals surface area (Å²) in [5.74, 6) is 0. The van der Waals surface area contributed by atoms with Crippen LogP contribution in [-0.2, 0) is 0 Å². The van der Waals surface area contributed by atoms with Gasteiger partial charge < -0.3 is 0 Å². The Balaban J connectivity index is 1.08. The molecule has 0 saturated heterocycles. The van der Waals surface area contributed by atoms with Gasteiger partial charge in [-0.05, 0) is 0 Å². The Bertz CT molecular complexity index is 3480. The van der Waals surface area contributed by atoms with Crippen molar-refractivity contribution in [1.82, 2.24) is 0 Å². The first-order chi connectivity index (χ1) is 29.3. The van der Waals surface area contributed by atoms with E-state index in [4.69, 9.17) is 0 Å². The van der Waals surface area contributed by atoms with Crippen LogP contribution in [0.1, 0.15) is 0 Å². The second-order valence-corrected chi connectivity index (χ2v) is 17.8. The first-order valence-corrected chi connectivity index (χ1v) is 22.1. The van der Waals surface area contributed by atoms with Gasteiger partial charge in [0.05, 0.1) is 0 Å². The zero-order valence-electron chi connectivity index (χ0n) is 32.2. The molecule has 0 unspecified atom stereocenters. The molecule has 1 aromatic heterocycles. The molecule has 0 N–H and O–H groups in total. The van der Waals surface area contributed by atoms with Crippen LogP contribution in [0, 0.1) is 0 Å². The van der Waals surface area contributed by atoms with Crippen molar-refractivity contribution in [3.05, 3.63) is 218 Å². The molecule has 11 aromatic carbocycles. The third-order valence-corrected chi connectivity index (χ3v) is 14.6. The maximum atomic E-state index is 2.51. The Morgan fingerprint density at radius 1 is 0.220 bits per heavy atom. The second-order valence-electron chi connectivity index (χ2n) is 15.5. The third kappa shape index (κ3) is 5.44. The molecule has 0 bridgehead atoms. The molecule has 1 heterocycles. The molecule has 12 aromatic rings. The van der Waals surface area contributed by atoms with Gasteiger partial charge in [-0.2, -0.15) is 0 Å². The summed E-state index contributed by atoms with van der Waals surface area (Å²) in [6.45, 7) is 0. The maximum absolute atomic E-state index is 2.51. The fourth-order valence-electron chi connectivity index (χ4n) is 9.76. The number of benzene rings is 11. The summed E-state index contributed by atoms with van der Waals surface area (Å²) in [4.78, 5) is 0. The van der Waals surface area contributed by atoms with Crippen LogP contribution in [0.4, 0.5) is 0 Å². The fourth-order valence-corrected chi connectivity index (χ4v) is 12.2. The van der Waals surface area contributed by atoms with Gasteiger partial charge in [0.25, 0.3) is 0 Å². The van der Waals surface area contributed by atoms with Crippen LogP contribution in [0.3, 0.4) is 0 Å². The Hall–Kier alpha value is -7.02. The molecule has 0 saturated carbocycles. The van der Waals surface area contributed by atoms with Crippen molar-refractivity contribution in [1.29, 1.82) is 0 Å². The summed E-state index contributed by atoms with van der Waals surface area (Å²) < 4.78 is 2.89. The summed E-state index contributed by atoms with van der Waals surface area (Å²) in [6.07, 6.45) is 0. The minimum atomic E-state index is 0.162. The van der Waals surface area contributed by atoms with Crippen molar-refractivity contribution in [3.8, 4) is 55.6 Å². The predicted octanol–water partition coefficient (Wildman–Crippen LogP) is 16.0. The van der Waals surface area contributed by atoms with E-state index in [1.165, 1.54) is 118 Å². The molecule has 0 spiro atoms. The van der Waals surface area contributed by atoms with Crippen LogP contribution in [0.2, 0.25) is 0 Å². The van der Waals surface area contributed by atoms with Crippen molar-refractivity contribution in [2.45, 2.75) is 0 Å². The van der Waals surface area contributed by atoms with Gasteiger partial charge in [0, 0.05) is 0 Å². The quantitative estimate of drug-likeness (QED) is 0.120. The first kappa shape index (κ1) is 34.1. The Morgan fingerprint density at radius 3 is 1.17 bits per heavy atom. The number of rotatable bonds is 5. The van der Waals surface area contributed by atoms with Crippen molar-refractivity contribution in [2.24, 2.45) is 0 Å². The van der Waals surface area contributed by atoms with Crippen molar-refractivity contribution in [3.63, 3.8) is 0 Å². The SMILES string of the molecule is c1ccc(-c2cccc(-c3c4ccccc4c(-c4ccc5c(c4)[se]c4cccc(-c6c7ccccc7c(-c7ccccc7)c7ccccc67)c45)c4ccccc34)c2)cc1. The summed E-state index contributed by atoms with van der Waals surface area (Å²) >= 11 is 0.162. The van der Waals surface area contributed by atoms with E-state index in [9.17, 15) is 0 Å². The van der Waals surface area contributed by atoms with E-state index in [1.54, 1.807) is 0 Å². The molecule has 0 aliphatic carbocycles. The number of hydrogen-bond donors (Lipinski definition) is 0. The Labute approximate surface area is 349 Å². The molecule has 0 radical (unpaired) electrons. The molecule has 0 aliphatic heterocycles. The van der Waals surface area contributed by atoms with E-state index in [0.29, 0.717) is 0 Å². The third-order valence-electron chi connectivity index (χ3n) is 12.2. The summed E-state index contributed by atoms with van der Waals surface area (Å²) in [5.41, 5.74) is 12.8. The van der Waals surface area contributed by atoms with Crippen LogP contribution in [-0.4, -0.2) is 14.5 Å². The topological polar surface area (TPSA) is 0 Å². The second kappa shape index (κ2) is 13.8. The molecule has 0 nitrogen and oxygen atoms in total. The van der Waals surface area contributed by atoms with Crippen LogP contribution >= 0.6 is 0 Å². The van der Waals surface area contributed by atoms with Crippen LogP contribution in [0.5, 0.6) is 0 Å². The van der Waals surface area contributed by atoms with E-state index < -0.39 is 0 Å². The molecule has 0 aliphatic rings. The van der Waals surface area contributed by atoms with Crippen LogP contribution < -0.4 is 0 Å². The van der Waals surface area contributed by atoms with Gasteiger partial charge in [-0.3, -0.25) is 0 Å². The first-order valence-electron chi connectivity index (χ1n) is 20.3. The van der Waals surface area contributed by atoms with Gasteiger partial charge in [0.1, 0.15) is 0 Å². The number of fused-ring (bicyclic) bond motifs is 7. The van der Waals surface area contributed by atoms with Gasteiger partial charge in [-0.1, -0.05) is 18.2 Å². The van der Waals surface area contributed by atoms with E-state index in [1.807, 2.05) is 0 Å². The zero-order chi connectivity index (χ0) is 38.9. The van der Waals surface area contributed by atoms with Gasteiger partial charge in [-0.25, -0.2) is 0 Å². The molecule has 0 amide bonds. The molecule has 1 heteroatoms. The van der Waals surface area contributed by atoms with Crippen LogP contribution in [0.15, 0.2) is 218 Å². The Kier molecular flexibility index (Phi) is 7.98. The zero-order valence-corrected chi connectivity index (χ0v) is 33.9. The molecule has 12 rings (SSSR count). The normalized spacial score (nSPS) is 11.7. The summed E-state index contributed by atoms with van der Waals surface area (Å²) in [5, 5.41) is 13.0. The monoisotopic (exact) mass is 812 g/mol. The number of hydrogen-bond acceptors (Lipinski definition) is 0. The van der Waals surface area contributed by atoms with Gasteiger partial charge >= 0.3 is 333 Å². The average molecular weight is 812 g/mol. The summed E-state index contributed by atoms with van der Waals surface area (Å²) in [6, 6.07) is 81.0. The van der Waals surface area contributed by atoms with E-state index in [0.717, 1.165) is 0 Å². The fraction of sp³-hybridized carbons (Fsp3) is 0. The minimum absolute atomic E-state index is 0.162. The molecular formula is C58H36Se. The van der Waals surface area contributed by atoms with E-state index in [-0.39, 0.29) is 14.5 Å². The molecule has 274 valence electrons. The van der Waals surface area contributed by atoms with Gasteiger partial charge in [-0.15, -0.1) is 0 Å². The van der Waals surface area contributed by atoms with Gasteiger partial charge in [0.2, 0.25) is 0 Å². The van der Waals surface area contributed by atoms with Crippen molar-refractivity contribution < 1.29 is 0 Å². The minimum Gasteiger partial charge on any atom is -0.0617 e. The average Bonchev–Trinajstić information content (AvgIpc) is 3.69. The molecule has 0 fully saturated rings. The molecule has 0 atom stereocenters. The standard InChI is InChI=1S/C58H36Se/c1-3-17-37(18-4-1)39-21-15-22-40(35-39)55-42-23-7-9-25-44(42)56(45-26-10-8-24-43(45)55)41-33-34-50-53(36-41)59-52-32-16-31-51(58(50)52)57-48-29-13-11-27-46(48)54(38-19-5-2-6-20-38)47-28-12-14-30-49(47)57/h1-36H. The van der Waals surface area contributed by atoms with E-state index in [2.05, 4.69) is 218 Å². The van der Waals surface area contributed by atoms with E-state index >= 15 is 0 Å². The summed E-state index contributed by atoms with van der Waals surface area (Å²) in [7, 11) is 0.